The second-order valence-electron chi connectivity index (χ2n) is 8.90. The molecule has 0 fully saturated rings. The molecule has 42 heavy (non-hydrogen) atoms. The zero-order chi connectivity index (χ0) is 29.6. The molecule has 0 aromatic carbocycles. The standard InChI is InChI=1S/C24H32N12O4.2ClH/c1-34-11-14(7-16(34)21(38)29-5-4-19(25)26)32-23(40)18-8-15(12-36(18)3)33-22(39)17-6-13(10-35(17)2)31-20(37)9-30-24(27)28;;/h6-8,10-12H,4-5,9H2,1-3H3,(H3,25,26)(H,29,38)(H,31,37)(H,32,40)(H,33,39)(H4,27,28,30);2*1H. The summed E-state index contributed by atoms with van der Waals surface area (Å²) >= 11 is 0. The third-order valence-electron chi connectivity index (χ3n) is 5.60. The van der Waals surface area contributed by atoms with Crippen LogP contribution in [0.25, 0.3) is 0 Å². The Labute approximate surface area is 253 Å². The molecular weight excluding hydrogens is 591 g/mol. The van der Waals surface area contributed by atoms with Crippen molar-refractivity contribution in [1.82, 2.24) is 19.0 Å². The quantitative estimate of drug-likeness (QED) is 0.109. The summed E-state index contributed by atoms with van der Waals surface area (Å²) in [6.45, 7) is -0.0384. The highest BCUT2D eigenvalue weighted by molar-refractivity contribution is 6.07. The van der Waals surface area contributed by atoms with E-state index in [4.69, 9.17) is 22.6 Å². The molecule has 228 valence electrons. The molecule has 3 rings (SSSR count). The molecule has 3 aromatic heterocycles. The van der Waals surface area contributed by atoms with Crippen LogP contribution in [0.2, 0.25) is 0 Å². The molecule has 0 spiro atoms. The van der Waals surface area contributed by atoms with Crippen LogP contribution in [-0.2, 0) is 25.9 Å². The smallest absolute Gasteiger partial charge is 0.272 e. The van der Waals surface area contributed by atoms with E-state index in [1.165, 1.54) is 22.8 Å². The van der Waals surface area contributed by atoms with Crippen LogP contribution in [0.15, 0.2) is 41.8 Å². The molecule has 16 nitrogen and oxygen atoms in total. The van der Waals surface area contributed by atoms with Crippen molar-refractivity contribution in [3.8, 4) is 0 Å². The maximum Gasteiger partial charge on any atom is 0.272 e. The van der Waals surface area contributed by atoms with E-state index in [-0.39, 0.29) is 73.4 Å². The van der Waals surface area contributed by atoms with E-state index in [0.29, 0.717) is 22.8 Å². The van der Waals surface area contributed by atoms with Crippen molar-refractivity contribution in [3.05, 3.63) is 53.9 Å². The summed E-state index contributed by atoms with van der Waals surface area (Å²) in [4.78, 5) is 53.8. The Bertz CT molecular complexity index is 1500. The summed E-state index contributed by atoms with van der Waals surface area (Å²) in [7, 11) is 4.95. The van der Waals surface area contributed by atoms with Gasteiger partial charge in [-0.2, -0.15) is 0 Å². The average molecular weight is 626 g/mol. The number of rotatable bonds is 11. The van der Waals surface area contributed by atoms with Crippen LogP contribution >= 0.6 is 24.8 Å². The lowest BCUT2D eigenvalue weighted by Crippen LogP contribution is -2.28. The zero-order valence-electron chi connectivity index (χ0n) is 23.1. The summed E-state index contributed by atoms with van der Waals surface area (Å²) in [6.07, 6.45) is 4.96. The first-order valence-corrected chi connectivity index (χ1v) is 11.9. The van der Waals surface area contributed by atoms with Crippen molar-refractivity contribution >= 4 is 77.3 Å². The average Bonchev–Trinajstić information content (AvgIpc) is 3.53. The van der Waals surface area contributed by atoms with Gasteiger partial charge in [-0.1, -0.05) is 0 Å². The third-order valence-corrected chi connectivity index (χ3v) is 5.60. The molecule has 0 saturated heterocycles. The van der Waals surface area contributed by atoms with Crippen LogP contribution in [-0.4, -0.2) is 62.2 Å². The highest BCUT2D eigenvalue weighted by Gasteiger charge is 2.19. The predicted octanol–water partition coefficient (Wildman–Crippen LogP) is 0.318. The van der Waals surface area contributed by atoms with E-state index < -0.39 is 17.7 Å². The lowest BCUT2D eigenvalue weighted by molar-refractivity contribution is -0.114. The van der Waals surface area contributed by atoms with Gasteiger partial charge in [0.05, 0.1) is 22.9 Å². The summed E-state index contributed by atoms with van der Waals surface area (Å²) in [5, 5.41) is 18.0. The number of hydrogen-bond donors (Lipinski definition) is 8. The molecule has 0 aliphatic carbocycles. The van der Waals surface area contributed by atoms with Crippen LogP contribution in [0.1, 0.15) is 37.9 Å². The van der Waals surface area contributed by atoms with Crippen molar-refractivity contribution in [1.29, 1.82) is 5.41 Å². The number of nitrogens with zero attached hydrogens (tertiary/aromatic N) is 4. The van der Waals surface area contributed by atoms with Crippen molar-refractivity contribution in [2.75, 3.05) is 29.0 Å². The van der Waals surface area contributed by atoms with E-state index >= 15 is 0 Å². The number of aromatic nitrogens is 3. The Morgan fingerprint density at radius 3 is 1.55 bits per heavy atom. The SMILES string of the molecule is Cl.Cl.Cn1cc(NC(=O)c2cc(NC(=O)c3cc(NC(=O)CN=C(N)N)cn3C)cn2C)cc1C(=O)NCCC(=N)N. The summed E-state index contributed by atoms with van der Waals surface area (Å²) < 4.78 is 4.64. The third kappa shape index (κ3) is 9.31. The summed E-state index contributed by atoms with van der Waals surface area (Å²) in [5.41, 5.74) is 17.7. The van der Waals surface area contributed by atoms with Gasteiger partial charge in [0, 0.05) is 52.7 Å². The van der Waals surface area contributed by atoms with Crippen molar-refractivity contribution in [3.63, 3.8) is 0 Å². The van der Waals surface area contributed by atoms with Crippen LogP contribution in [0, 0.1) is 5.41 Å². The Morgan fingerprint density at radius 1 is 0.738 bits per heavy atom. The minimum Gasteiger partial charge on any atom is -0.388 e. The number of nitrogens with two attached hydrogens (primary N) is 3. The fourth-order valence-corrected chi connectivity index (χ4v) is 3.73. The van der Waals surface area contributed by atoms with Crippen LogP contribution in [0.5, 0.6) is 0 Å². The van der Waals surface area contributed by atoms with E-state index in [9.17, 15) is 19.2 Å². The van der Waals surface area contributed by atoms with Gasteiger partial charge in [0.2, 0.25) is 5.91 Å². The maximum atomic E-state index is 12.9. The second-order valence-corrected chi connectivity index (χ2v) is 8.90. The normalized spacial score (nSPS) is 9.98. The van der Waals surface area contributed by atoms with E-state index in [1.807, 2.05) is 0 Å². The Hall–Kier alpha value is -4.96. The number of carbonyl (C=O) groups excluding carboxylic acids is 4. The van der Waals surface area contributed by atoms with Gasteiger partial charge in [0.15, 0.2) is 5.96 Å². The second kappa shape index (κ2) is 15.2. The van der Waals surface area contributed by atoms with E-state index in [2.05, 4.69) is 26.3 Å². The lowest BCUT2D eigenvalue weighted by atomic mass is 10.3. The van der Waals surface area contributed by atoms with Gasteiger partial charge >= 0.3 is 0 Å². The number of carbonyl (C=O) groups is 4. The molecule has 3 aromatic rings. The number of halogens is 2. The molecule has 0 atom stereocenters. The summed E-state index contributed by atoms with van der Waals surface area (Å²) in [6, 6.07) is 4.52. The predicted molar refractivity (Wildman–Crippen MR) is 165 cm³/mol. The van der Waals surface area contributed by atoms with Crippen molar-refractivity contribution in [2.45, 2.75) is 6.42 Å². The lowest BCUT2D eigenvalue weighted by Gasteiger charge is -2.04. The van der Waals surface area contributed by atoms with Gasteiger partial charge in [-0.15, -0.1) is 24.8 Å². The van der Waals surface area contributed by atoms with Crippen LogP contribution < -0.4 is 38.5 Å². The fourth-order valence-electron chi connectivity index (χ4n) is 3.73. The van der Waals surface area contributed by atoms with Gasteiger partial charge in [-0.05, 0) is 18.2 Å². The van der Waals surface area contributed by atoms with E-state index in [1.54, 1.807) is 48.9 Å². The monoisotopic (exact) mass is 624 g/mol. The van der Waals surface area contributed by atoms with Crippen LogP contribution in [0.3, 0.4) is 0 Å². The number of aliphatic imine (C=N–C) groups is 1. The van der Waals surface area contributed by atoms with Crippen molar-refractivity contribution < 1.29 is 19.2 Å². The molecule has 0 aliphatic heterocycles. The number of aryl methyl sites for hydroxylation is 3. The molecule has 0 unspecified atom stereocenters. The highest BCUT2D eigenvalue weighted by Crippen LogP contribution is 2.19. The first kappa shape index (κ1) is 35.1. The topological polar surface area (TPSA) is 245 Å². The molecule has 0 bridgehead atoms. The number of amidine groups is 1. The number of amides is 4. The molecule has 11 N–H and O–H groups in total. The number of anilines is 3. The largest absolute Gasteiger partial charge is 0.388 e. The minimum absolute atomic E-state index is 0. The Kier molecular flexibility index (Phi) is 12.7. The molecule has 18 heteroatoms. The molecule has 3 heterocycles. The Morgan fingerprint density at radius 2 is 1.14 bits per heavy atom. The molecule has 4 amide bonds. The molecule has 0 aliphatic rings. The zero-order valence-corrected chi connectivity index (χ0v) is 24.7. The fraction of sp³-hybridized carbons (Fsp3) is 0.250. The Balaban J connectivity index is 0.00000441. The first-order chi connectivity index (χ1) is 18.8. The first-order valence-electron chi connectivity index (χ1n) is 11.9. The maximum absolute atomic E-state index is 12.9. The number of hydrogen-bond acceptors (Lipinski definition) is 6. The van der Waals surface area contributed by atoms with Gasteiger partial charge in [-0.25, -0.2) is 4.99 Å². The molecular formula is C24H34Cl2N12O4. The molecule has 0 saturated carbocycles. The molecule has 0 radical (unpaired) electrons. The minimum atomic E-state index is -0.465. The number of nitrogens with one attached hydrogen (secondary N) is 5. The summed E-state index contributed by atoms with van der Waals surface area (Å²) in [5.74, 6) is -1.99. The van der Waals surface area contributed by atoms with Gasteiger partial charge in [0.25, 0.3) is 17.7 Å². The van der Waals surface area contributed by atoms with E-state index in [0.717, 1.165) is 0 Å². The highest BCUT2D eigenvalue weighted by atomic mass is 35.5. The van der Waals surface area contributed by atoms with Gasteiger partial charge in [-0.3, -0.25) is 24.6 Å². The van der Waals surface area contributed by atoms with Crippen LogP contribution in [0.4, 0.5) is 17.1 Å². The van der Waals surface area contributed by atoms with Gasteiger partial charge in [0.1, 0.15) is 23.6 Å². The van der Waals surface area contributed by atoms with Gasteiger partial charge < -0.3 is 52.2 Å². The van der Waals surface area contributed by atoms with Crippen molar-refractivity contribution in [2.24, 2.45) is 43.3 Å². The number of guanidine groups is 1.